The molecule has 0 saturated carbocycles. The molecule has 3 aromatic rings. The first-order chi connectivity index (χ1) is 23.4. The predicted octanol–water partition coefficient (Wildman–Crippen LogP) is 8.81. The molecule has 0 spiro atoms. The molecule has 0 radical (unpaired) electrons. The maximum atomic E-state index is 12.2. The van der Waals surface area contributed by atoms with Gasteiger partial charge in [-0.1, -0.05) is 69.9 Å². The highest BCUT2D eigenvalue weighted by Crippen LogP contribution is 2.42. The standard InChI is InChI=1S/C41H54N2O5/c1-31-28-35(44)30-37(45)38(31)41(47)48-27-13-11-9-7-5-3-2-4-6-8-10-12-22-42-25-20-32(21-26-42)18-19-34-29-33-16-14-23-43-24-15-17-36(39(33)43)40(34)46/h18-21,25-26,28-30H,2-17,22-24,27H2,1H3,(H2,44,45,47)/p+1. The maximum absolute atomic E-state index is 12.2. The van der Waals surface area contributed by atoms with Crippen LogP contribution in [-0.4, -0.2) is 41.0 Å². The highest BCUT2D eigenvalue weighted by atomic mass is 16.5. The summed E-state index contributed by atoms with van der Waals surface area (Å²) in [4.78, 5) is 14.7. The third kappa shape index (κ3) is 9.77. The number of nitrogens with zero attached hydrogens (tertiary/aromatic N) is 2. The van der Waals surface area contributed by atoms with Crippen LogP contribution >= 0.6 is 0 Å². The summed E-state index contributed by atoms with van der Waals surface area (Å²) in [6, 6.07) is 9.15. The van der Waals surface area contributed by atoms with Crippen molar-refractivity contribution in [2.75, 3.05) is 24.6 Å². The first kappa shape index (κ1) is 35.3. The summed E-state index contributed by atoms with van der Waals surface area (Å²) in [5.74, 6) is -0.374. The Hall–Kier alpha value is -4.00. The summed E-state index contributed by atoms with van der Waals surface area (Å²) in [6.45, 7) is 5.30. The molecule has 0 bridgehead atoms. The van der Waals surface area contributed by atoms with Crippen molar-refractivity contribution in [1.29, 1.82) is 0 Å². The largest absolute Gasteiger partial charge is 0.508 e. The van der Waals surface area contributed by atoms with Gasteiger partial charge >= 0.3 is 5.97 Å². The average Bonchev–Trinajstić information content (AvgIpc) is 3.07. The zero-order valence-electron chi connectivity index (χ0n) is 28.9. The van der Waals surface area contributed by atoms with Crippen molar-refractivity contribution in [3.05, 3.63) is 76.1 Å². The quantitative estimate of drug-likeness (QED) is 0.0721. The van der Waals surface area contributed by atoms with Gasteiger partial charge in [0.15, 0.2) is 12.4 Å². The fourth-order valence-corrected chi connectivity index (χ4v) is 7.33. The molecule has 3 N–H and O–H groups in total. The molecule has 2 aliphatic rings. The Morgan fingerprint density at radius 1 is 0.812 bits per heavy atom. The number of aromatic nitrogens is 1. The number of carbonyl (C=O) groups is 1. The smallest absolute Gasteiger partial charge is 0.342 e. The molecule has 7 heteroatoms. The molecule has 0 atom stereocenters. The van der Waals surface area contributed by atoms with E-state index in [0.717, 1.165) is 80.9 Å². The van der Waals surface area contributed by atoms with Gasteiger partial charge in [0.1, 0.15) is 29.4 Å². The number of carbonyl (C=O) groups excluding carboxylic acids is 1. The molecule has 0 aliphatic carbocycles. The molecule has 7 nitrogen and oxygen atoms in total. The van der Waals surface area contributed by atoms with Gasteiger partial charge in [-0.25, -0.2) is 9.36 Å². The van der Waals surface area contributed by atoms with Gasteiger partial charge in [-0.2, -0.15) is 0 Å². The fraction of sp³-hybridized carbons (Fsp3) is 0.512. The summed E-state index contributed by atoms with van der Waals surface area (Å²) in [6.07, 6.45) is 27.4. The van der Waals surface area contributed by atoms with E-state index >= 15 is 0 Å². The number of hydrogen-bond donors (Lipinski definition) is 3. The summed E-state index contributed by atoms with van der Waals surface area (Å²) < 4.78 is 7.59. The van der Waals surface area contributed by atoms with Crippen LogP contribution in [0.3, 0.4) is 0 Å². The van der Waals surface area contributed by atoms with Gasteiger partial charge in [0, 0.05) is 54.5 Å². The molecular weight excluding hydrogens is 600 g/mol. The van der Waals surface area contributed by atoms with Crippen LogP contribution in [0.5, 0.6) is 17.2 Å². The molecule has 0 saturated heterocycles. The van der Waals surface area contributed by atoms with E-state index in [2.05, 4.69) is 52.2 Å². The van der Waals surface area contributed by atoms with Crippen molar-refractivity contribution >= 4 is 23.8 Å². The number of pyridine rings is 1. The van der Waals surface area contributed by atoms with E-state index in [1.54, 1.807) is 6.92 Å². The van der Waals surface area contributed by atoms with Crippen molar-refractivity contribution in [1.82, 2.24) is 0 Å². The summed E-state index contributed by atoms with van der Waals surface area (Å²) in [7, 11) is 0. The van der Waals surface area contributed by atoms with Crippen LogP contribution in [0.25, 0.3) is 12.2 Å². The van der Waals surface area contributed by atoms with E-state index in [-0.39, 0.29) is 17.1 Å². The molecule has 1 aromatic heterocycles. The van der Waals surface area contributed by atoms with E-state index in [0.29, 0.717) is 17.9 Å². The number of hydrogen-bond acceptors (Lipinski definition) is 6. The summed E-state index contributed by atoms with van der Waals surface area (Å²) in [5, 5.41) is 30.5. The fourth-order valence-electron chi connectivity index (χ4n) is 7.33. The Morgan fingerprint density at radius 3 is 2.10 bits per heavy atom. The number of phenolic OH excluding ortho intramolecular Hbond substituents is 3. The highest BCUT2D eigenvalue weighted by molar-refractivity contribution is 5.94. The number of esters is 1. The van der Waals surface area contributed by atoms with Crippen LogP contribution in [0.4, 0.5) is 5.69 Å². The molecule has 2 aromatic carbocycles. The second-order valence-electron chi connectivity index (χ2n) is 13.7. The van der Waals surface area contributed by atoms with Crippen LogP contribution in [0, 0.1) is 6.92 Å². The van der Waals surface area contributed by atoms with Gasteiger partial charge < -0.3 is 25.0 Å². The van der Waals surface area contributed by atoms with Gasteiger partial charge in [-0.15, -0.1) is 0 Å². The first-order valence-corrected chi connectivity index (χ1v) is 18.4. The van der Waals surface area contributed by atoms with E-state index in [1.807, 2.05) is 0 Å². The number of ether oxygens (including phenoxy) is 1. The van der Waals surface area contributed by atoms with Crippen LogP contribution in [0.15, 0.2) is 42.7 Å². The van der Waals surface area contributed by atoms with Crippen molar-refractivity contribution in [2.45, 2.75) is 116 Å². The second kappa shape index (κ2) is 18.0. The van der Waals surface area contributed by atoms with Crippen LogP contribution < -0.4 is 9.47 Å². The third-order valence-corrected chi connectivity index (χ3v) is 9.94. The molecule has 2 aliphatic heterocycles. The lowest BCUT2D eigenvalue weighted by Gasteiger charge is -2.37. The normalized spacial score (nSPS) is 14.0. The predicted molar refractivity (Wildman–Crippen MR) is 193 cm³/mol. The molecule has 258 valence electrons. The number of anilines is 1. The zero-order valence-corrected chi connectivity index (χ0v) is 28.9. The molecule has 0 fully saturated rings. The number of aromatic hydroxyl groups is 3. The number of aryl methyl sites for hydroxylation is 3. The SMILES string of the molecule is Cc1cc(O)cc(O)c1C(=O)OCCCCCCCCCCCCCC[n+]1ccc(/C=C/c2cc3c4c(c2O)CCCN4CCC3)cc1. The van der Waals surface area contributed by atoms with E-state index < -0.39 is 5.97 Å². The van der Waals surface area contributed by atoms with Gasteiger partial charge in [0.25, 0.3) is 0 Å². The van der Waals surface area contributed by atoms with E-state index in [9.17, 15) is 20.1 Å². The topological polar surface area (TPSA) is 94.1 Å². The minimum absolute atomic E-state index is 0.0659. The minimum Gasteiger partial charge on any atom is -0.508 e. The third-order valence-electron chi connectivity index (χ3n) is 9.94. The molecular formula is C41H55N2O5+. The molecule has 48 heavy (non-hydrogen) atoms. The van der Waals surface area contributed by atoms with Crippen molar-refractivity contribution in [3.63, 3.8) is 0 Å². The Balaban J connectivity index is 0.869. The first-order valence-electron chi connectivity index (χ1n) is 18.4. The van der Waals surface area contributed by atoms with Gasteiger partial charge in [0.05, 0.1) is 6.61 Å². The van der Waals surface area contributed by atoms with Gasteiger partial charge in [-0.3, -0.25) is 0 Å². The van der Waals surface area contributed by atoms with Crippen molar-refractivity contribution < 1.29 is 29.4 Å². The Labute approximate surface area is 286 Å². The number of unbranched alkanes of at least 4 members (excludes halogenated alkanes) is 11. The lowest BCUT2D eigenvalue weighted by Crippen LogP contribution is -2.34. The number of phenols is 3. The monoisotopic (exact) mass is 655 g/mol. The Bertz CT molecular complexity index is 1510. The van der Waals surface area contributed by atoms with Gasteiger partial charge in [0.2, 0.25) is 0 Å². The Morgan fingerprint density at radius 2 is 1.44 bits per heavy atom. The number of benzene rings is 2. The van der Waals surface area contributed by atoms with Crippen LogP contribution in [0.2, 0.25) is 0 Å². The average molecular weight is 656 g/mol. The lowest BCUT2D eigenvalue weighted by atomic mass is 9.89. The second-order valence-corrected chi connectivity index (χ2v) is 13.7. The summed E-state index contributed by atoms with van der Waals surface area (Å²) >= 11 is 0. The van der Waals surface area contributed by atoms with E-state index in [4.69, 9.17) is 4.74 Å². The highest BCUT2D eigenvalue weighted by Gasteiger charge is 2.27. The van der Waals surface area contributed by atoms with Crippen molar-refractivity contribution in [2.24, 2.45) is 0 Å². The Kier molecular flexibility index (Phi) is 13.2. The molecule has 5 rings (SSSR count). The summed E-state index contributed by atoms with van der Waals surface area (Å²) in [5.41, 5.74) is 6.60. The molecule has 0 unspecified atom stereocenters. The number of rotatable bonds is 18. The van der Waals surface area contributed by atoms with E-state index in [1.165, 1.54) is 81.5 Å². The molecule has 3 heterocycles. The lowest BCUT2D eigenvalue weighted by molar-refractivity contribution is -0.697. The van der Waals surface area contributed by atoms with Crippen LogP contribution in [0.1, 0.15) is 128 Å². The molecule has 0 amide bonds. The van der Waals surface area contributed by atoms with Crippen molar-refractivity contribution in [3.8, 4) is 17.2 Å². The minimum atomic E-state index is -0.536. The van der Waals surface area contributed by atoms with Gasteiger partial charge in [-0.05, 0) is 74.3 Å². The van der Waals surface area contributed by atoms with Crippen LogP contribution in [-0.2, 0) is 24.1 Å². The maximum Gasteiger partial charge on any atom is 0.342 e. The zero-order chi connectivity index (χ0) is 33.7.